The zero-order chi connectivity index (χ0) is 23.3. The Kier molecular flexibility index (Phi) is 11.8. The summed E-state index contributed by atoms with van der Waals surface area (Å²) in [6.07, 6.45) is 24.6. The highest BCUT2D eigenvalue weighted by Gasteiger charge is 2.22. The van der Waals surface area contributed by atoms with Gasteiger partial charge in [0, 0.05) is 0 Å². The second-order valence-electron chi connectivity index (χ2n) is 10.9. The number of benzene rings is 1. The van der Waals surface area contributed by atoms with Gasteiger partial charge in [0.05, 0.1) is 6.61 Å². The van der Waals surface area contributed by atoms with E-state index >= 15 is 0 Å². The summed E-state index contributed by atoms with van der Waals surface area (Å²) in [7, 11) is 0. The SMILES string of the molecule is CCCCCCOc1ccc(CCC2=CCC(CC[C@H]3CC[C@H](CCC)CC3)CC2)cc1F. The van der Waals surface area contributed by atoms with E-state index in [0.717, 1.165) is 49.0 Å². The van der Waals surface area contributed by atoms with Gasteiger partial charge < -0.3 is 4.74 Å². The van der Waals surface area contributed by atoms with Crippen molar-refractivity contribution in [3.63, 3.8) is 0 Å². The van der Waals surface area contributed by atoms with Crippen LogP contribution in [0.2, 0.25) is 0 Å². The molecule has 1 fully saturated rings. The molecule has 1 atom stereocenters. The van der Waals surface area contributed by atoms with Crippen molar-refractivity contribution in [3.05, 3.63) is 41.2 Å². The monoisotopic (exact) mass is 456 g/mol. The molecule has 2 aliphatic rings. The van der Waals surface area contributed by atoms with Crippen molar-refractivity contribution in [2.45, 2.75) is 123 Å². The molecule has 2 heteroatoms. The Labute approximate surface area is 203 Å². The minimum Gasteiger partial charge on any atom is -0.491 e. The Morgan fingerprint density at radius 1 is 0.818 bits per heavy atom. The largest absolute Gasteiger partial charge is 0.491 e. The van der Waals surface area contributed by atoms with Crippen LogP contribution >= 0.6 is 0 Å². The summed E-state index contributed by atoms with van der Waals surface area (Å²) in [5, 5.41) is 0. The second kappa shape index (κ2) is 14.8. The maximum atomic E-state index is 14.4. The molecule has 1 unspecified atom stereocenters. The number of ether oxygens (including phenoxy) is 1. The fourth-order valence-electron chi connectivity index (χ4n) is 5.95. The van der Waals surface area contributed by atoms with Crippen LogP contribution in [0.3, 0.4) is 0 Å². The van der Waals surface area contributed by atoms with Gasteiger partial charge in [0.2, 0.25) is 0 Å². The molecule has 1 aromatic rings. The van der Waals surface area contributed by atoms with E-state index in [1.165, 1.54) is 83.5 Å². The van der Waals surface area contributed by atoms with Gasteiger partial charge >= 0.3 is 0 Å². The summed E-state index contributed by atoms with van der Waals surface area (Å²) in [4.78, 5) is 0. The lowest BCUT2D eigenvalue weighted by molar-refractivity contribution is 0.236. The quantitative estimate of drug-likeness (QED) is 0.200. The van der Waals surface area contributed by atoms with Crippen molar-refractivity contribution in [2.24, 2.45) is 17.8 Å². The van der Waals surface area contributed by atoms with Gasteiger partial charge in [-0.15, -0.1) is 0 Å². The van der Waals surface area contributed by atoms with E-state index in [1.807, 2.05) is 12.1 Å². The molecule has 1 saturated carbocycles. The minimum atomic E-state index is -0.204. The molecule has 0 radical (unpaired) electrons. The first kappa shape index (κ1) is 26.3. The van der Waals surface area contributed by atoms with Crippen LogP contribution in [-0.2, 0) is 6.42 Å². The third-order valence-electron chi connectivity index (χ3n) is 8.25. The van der Waals surface area contributed by atoms with Gasteiger partial charge in [0.1, 0.15) is 0 Å². The standard InChI is InChI=1S/C31H49FO/c1-3-5-6-7-23-33-31-22-21-29(24-30(31)32)20-19-28-17-15-27(16-18-28)14-13-26-11-9-25(8-4-2)10-12-26/h17,21-22,24-27H,3-16,18-20,23H2,1-2H3/t25-,26-,27?. The van der Waals surface area contributed by atoms with Gasteiger partial charge in [-0.3, -0.25) is 0 Å². The lowest BCUT2D eigenvalue weighted by Crippen LogP contribution is -2.16. The first-order chi connectivity index (χ1) is 16.2. The molecule has 0 N–H and O–H groups in total. The molecule has 2 aliphatic carbocycles. The van der Waals surface area contributed by atoms with Gasteiger partial charge in [-0.2, -0.15) is 0 Å². The summed E-state index contributed by atoms with van der Waals surface area (Å²) in [6.45, 7) is 5.14. The van der Waals surface area contributed by atoms with Crippen molar-refractivity contribution in [1.82, 2.24) is 0 Å². The first-order valence-corrected chi connectivity index (χ1v) is 14.3. The molecule has 1 aromatic carbocycles. The topological polar surface area (TPSA) is 9.23 Å². The predicted octanol–water partition coefficient (Wildman–Crippen LogP) is 9.83. The van der Waals surface area contributed by atoms with Crippen LogP contribution in [0.15, 0.2) is 29.8 Å². The van der Waals surface area contributed by atoms with E-state index in [0.29, 0.717) is 12.4 Å². The van der Waals surface area contributed by atoms with Crippen LogP contribution in [0.25, 0.3) is 0 Å². The highest BCUT2D eigenvalue weighted by Crippen LogP contribution is 2.36. The molecule has 0 heterocycles. The van der Waals surface area contributed by atoms with E-state index in [2.05, 4.69) is 19.9 Å². The third-order valence-corrected chi connectivity index (χ3v) is 8.25. The Morgan fingerprint density at radius 2 is 1.58 bits per heavy atom. The Bertz CT molecular complexity index is 701. The van der Waals surface area contributed by atoms with Crippen molar-refractivity contribution < 1.29 is 9.13 Å². The third kappa shape index (κ3) is 9.45. The molecule has 186 valence electrons. The number of unbranched alkanes of at least 4 members (excludes halogenated alkanes) is 3. The highest BCUT2D eigenvalue weighted by atomic mass is 19.1. The van der Waals surface area contributed by atoms with Gasteiger partial charge in [-0.1, -0.05) is 95.8 Å². The Hall–Kier alpha value is -1.31. The predicted molar refractivity (Wildman–Crippen MR) is 139 cm³/mol. The van der Waals surface area contributed by atoms with Crippen molar-refractivity contribution in [1.29, 1.82) is 0 Å². The van der Waals surface area contributed by atoms with Gasteiger partial charge in [-0.05, 0) is 80.4 Å². The van der Waals surface area contributed by atoms with Gasteiger partial charge in [0.15, 0.2) is 11.6 Å². The lowest BCUT2D eigenvalue weighted by atomic mass is 9.76. The first-order valence-electron chi connectivity index (χ1n) is 14.3. The summed E-state index contributed by atoms with van der Waals surface area (Å²) in [5.41, 5.74) is 2.68. The number of hydrogen-bond donors (Lipinski definition) is 0. The minimum absolute atomic E-state index is 0.204. The molecule has 33 heavy (non-hydrogen) atoms. The van der Waals surface area contributed by atoms with E-state index in [1.54, 1.807) is 11.6 Å². The number of allylic oxidation sites excluding steroid dienone is 2. The van der Waals surface area contributed by atoms with Crippen LogP contribution in [-0.4, -0.2) is 6.61 Å². The number of aryl methyl sites for hydroxylation is 1. The zero-order valence-electron chi connectivity index (χ0n) is 21.6. The van der Waals surface area contributed by atoms with E-state index in [4.69, 9.17) is 4.74 Å². The molecule has 0 amide bonds. The number of halogens is 1. The van der Waals surface area contributed by atoms with Crippen LogP contribution in [0.4, 0.5) is 4.39 Å². The van der Waals surface area contributed by atoms with E-state index in [9.17, 15) is 4.39 Å². The molecule has 0 bridgehead atoms. The average Bonchev–Trinajstić information content (AvgIpc) is 2.84. The van der Waals surface area contributed by atoms with Crippen molar-refractivity contribution >= 4 is 0 Å². The van der Waals surface area contributed by atoms with Crippen LogP contribution in [0, 0.1) is 23.6 Å². The summed E-state index contributed by atoms with van der Waals surface area (Å²) >= 11 is 0. The Morgan fingerprint density at radius 3 is 2.24 bits per heavy atom. The van der Waals surface area contributed by atoms with Crippen molar-refractivity contribution in [3.8, 4) is 5.75 Å². The molecule has 1 nitrogen and oxygen atoms in total. The average molecular weight is 457 g/mol. The Balaban J connectivity index is 1.32. The molecule has 3 rings (SSSR count). The molecular formula is C31H49FO. The molecular weight excluding hydrogens is 407 g/mol. The summed E-state index contributed by atoms with van der Waals surface area (Å²) in [5.74, 6) is 3.13. The van der Waals surface area contributed by atoms with Crippen LogP contribution in [0.1, 0.15) is 122 Å². The molecule has 0 saturated heterocycles. The lowest BCUT2D eigenvalue weighted by Gasteiger charge is -2.30. The summed E-state index contributed by atoms with van der Waals surface area (Å²) in [6, 6.07) is 5.56. The molecule has 0 spiro atoms. The number of hydrogen-bond acceptors (Lipinski definition) is 1. The van der Waals surface area contributed by atoms with E-state index in [-0.39, 0.29) is 5.82 Å². The zero-order valence-corrected chi connectivity index (χ0v) is 21.6. The van der Waals surface area contributed by atoms with Crippen LogP contribution in [0.5, 0.6) is 5.75 Å². The fourth-order valence-corrected chi connectivity index (χ4v) is 5.95. The molecule has 0 aromatic heterocycles. The maximum Gasteiger partial charge on any atom is 0.165 e. The van der Waals surface area contributed by atoms with Crippen molar-refractivity contribution in [2.75, 3.05) is 6.61 Å². The van der Waals surface area contributed by atoms with Crippen LogP contribution < -0.4 is 4.74 Å². The molecule has 0 aliphatic heterocycles. The highest BCUT2D eigenvalue weighted by molar-refractivity contribution is 5.30. The summed E-state index contributed by atoms with van der Waals surface area (Å²) < 4.78 is 20.0. The smallest absolute Gasteiger partial charge is 0.165 e. The second-order valence-corrected chi connectivity index (χ2v) is 10.9. The van der Waals surface area contributed by atoms with E-state index < -0.39 is 0 Å². The normalized spacial score (nSPS) is 23.4. The van der Waals surface area contributed by atoms with Gasteiger partial charge in [-0.25, -0.2) is 4.39 Å². The maximum absolute atomic E-state index is 14.4. The fraction of sp³-hybridized carbons (Fsp3) is 0.742. The van der Waals surface area contributed by atoms with Gasteiger partial charge in [0.25, 0.3) is 0 Å². The number of rotatable bonds is 14.